The molecule has 1 fully saturated rings. The minimum atomic E-state index is -0.844. The van der Waals surface area contributed by atoms with E-state index in [2.05, 4.69) is 45.8 Å². The number of hydrogen-bond donors (Lipinski definition) is 0. The first-order chi connectivity index (χ1) is 6.85. The summed E-state index contributed by atoms with van der Waals surface area (Å²) in [5, 5.41) is 0. The fourth-order valence-electron chi connectivity index (χ4n) is 2.56. The zero-order valence-electron chi connectivity index (χ0n) is 11.0. The summed E-state index contributed by atoms with van der Waals surface area (Å²) in [7, 11) is -0.844. The molecule has 0 aromatic heterocycles. The Morgan fingerprint density at radius 1 is 1.20 bits per heavy atom. The second-order valence-corrected chi connectivity index (χ2v) is 7.54. The van der Waals surface area contributed by atoms with Crippen LogP contribution in [0.1, 0.15) is 60.8 Å². The van der Waals surface area contributed by atoms with E-state index < -0.39 is 11.0 Å². The van der Waals surface area contributed by atoms with Crippen molar-refractivity contribution in [1.82, 2.24) is 4.31 Å². The first-order valence-electron chi connectivity index (χ1n) is 6.06. The van der Waals surface area contributed by atoms with Crippen LogP contribution in [0.2, 0.25) is 0 Å². The van der Waals surface area contributed by atoms with E-state index in [0.29, 0.717) is 6.04 Å². The number of rotatable bonds is 4. The SMILES string of the molecule is CC[C@H]1N(S(=O)C(C)(C)C)C1(CC)CC. The van der Waals surface area contributed by atoms with E-state index >= 15 is 0 Å². The molecule has 1 saturated heterocycles. The maximum atomic E-state index is 12.4. The molecule has 0 aromatic carbocycles. The van der Waals surface area contributed by atoms with Gasteiger partial charge < -0.3 is 0 Å². The van der Waals surface area contributed by atoms with Crippen LogP contribution < -0.4 is 0 Å². The summed E-state index contributed by atoms with van der Waals surface area (Å²) in [6.07, 6.45) is 3.34. The molecule has 1 aliphatic rings. The van der Waals surface area contributed by atoms with E-state index in [-0.39, 0.29) is 10.3 Å². The lowest BCUT2D eigenvalue weighted by Crippen LogP contribution is -2.31. The van der Waals surface area contributed by atoms with Gasteiger partial charge in [-0.15, -0.1) is 0 Å². The summed E-state index contributed by atoms with van der Waals surface area (Å²) in [6, 6.07) is 0.535. The predicted molar refractivity (Wildman–Crippen MR) is 67.1 cm³/mol. The van der Waals surface area contributed by atoms with E-state index in [9.17, 15) is 4.21 Å². The van der Waals surface area contributed by atoms with Gasteiger partial charge >= 0.3 is 0 Å². The van der Waals surface area contributed by atoms with Crippen molar-refractivity contribution in [2.75, 3.05) is 0 Å². The fraction of sp³-hybridized carbons (Fsp3) is 1.00. The average Bonchev–Trinajstić information content (AvgIpc) is 2.83. The topological polar surface area (TPSA) is 20.1 Å². The second-order valence-electron chi connectivity index (χ2n) is 5.42. The molecule has 15 heavy (non-hydrogen) atoms. The lowest BCUT2D eigenvalue weighted by Gasteiger charge is -2.21. The molecular weight excluding hydrogens is 206 g/mol. The molecule has 0 aromatic rings. The van der Waals surface area contributed by atoms with Crippen LogP contribution in [0.5, 0.6) is 0 Å². The molecule has 3 atom stereocenters. The normalized spacial score (nSPS) is 31.3. The van der Waals surface area contributed by atoms with Crippen LogP contribution in [-0.2, 0) is 11.0 Å². The zero-order valence-corrected chi connectivity index (χ0v) is 11.8. The largest absolute Gasteiger partial charge is 0.242 e. The van der Waals surface area contributed by atoms with Crippen molar-refractivity contribution in [1.29, 1.82) is 0 Å². The zero-order chi connectivity index (χ0) is 11.9. The number of nitrogens with zero attached hydrogens (tertiary/aromatic N) is 1. The first-order valence-corrected chi connectivity index (χ1v) is 7.17. The Hall–Kier alpha value is 0.110. The van der Waals surface area contributed by atoms with Crippen LogP contribution in [0.3, 0.4) is 0 Å². The Morgan fingerprint density at radius 2 is 1.67 bits per heavy atom. The standard InChI is InChI=1S/C12H25NOS/c1-7-10-12(8-2,9-3)13(10)15(14)11(4,5)6/h10H,7-9H2,1-6H3/t10-,13?,15?/m1/s1. The lowest BCUT2D eigenvalue weighted by atomic mass is 9.98. The maximum Gasteiger partial charge on any atom is 0.101 e. The summed E-state index contributed by atoms with van der Waals surface area (Å²) in [6.45, 7) is 12.8. The summed E-state index contributed by atoms with van der Waals surface area (Å²) in [5.41, 5.74) is 0.229. The van der Waals surface area contributed by atoms with Crippen LogP contribution in [0, 0.1) is 0 Å². The van der Waals surface area contributed by atoms with Crippen LogP contribution in [0.15, 0.2) is 0 Å². The van der Waals surface area contributed by atoms with Gasteiger partial charge in [-0.25, -0.2) is 8.51 Å². The third-order valence-corrected chi connectivity index (χ3v) is 5.61. The Morgan fingerprint density at radius 3 is 1.87 bits per heavy atom. The van der Waals surface area contributed by atoms with Crippen molar-refractivity contribution in [3.63, 3.8) is 0 Å². The quantitative estimate of drug-likeness (QED) is 0.681. The highest BCUT2D eigenvalue weighted by Gasteiger charge is 2.63. The van der Waals surface area contributed by atoms with E-state index in [1.165, 1.54) is 0 Å². The summed E-state index contributed by atoms with van der Waals surface area (Å²) < 4.78 is 14.5. The Labute approximate surface area is 97.0 Å². The van der Waals surface area contributed by atoms with Crippen molar-refractivity contribution in [2.45, 2.75) is 77.1 Å². The van der Waals surface area contributed by atoms with E-state index in [1.807, 2.05) is 0 Å². The van der Waals surface area contributed by atoms with Gasteiger partial charge in [0.2, 0.25) is 0 Å². The Balaban J connectivity index is 2.86. The molecule has 2 unspecified atom stereocenters. The molecule has 0 spiro atoms. The van der Waals surface area contributed by atoms with Gasteiger partial charge in [-0.1, -0.05) is 20.8 Å². The van der Waals surface area contributed by atoms with Gasteiger partial charge in [-0.2, -0.15) is 0 Å². The summed E-state index contributed by atoms with van der Waals surface area (Å²) >= 11 is 0. The minimum absolute atomic E-state index is 0.125. The molecule has 1 rings (SSSR count). The van der Waals surface area contributed by atoms with Crippen LogP contribution in [0.25, 0.3) is 0 Å². The summed E-state index contributed by atoms with van der Waals surface area (Å²) in [4.78, 5) is 0. The van der Waals surface area contributed by atoms with Crippen molar-refractivity contribution in [3.05, 3.63) is 0 Å². The molecule has 0 bridgehead atoms. The van der Waals surface area contributed by atoms with Gasteiger partial charge in [-0.3, -0.25) is 0 Å². The third-order valence-electron chi connectivity index (χ3n) is 3.59. The van der Waals surface area contributed by atoms with Crippen LogP contribution >= 0.6 is 0 Å². The molecule has 2 nitrogen and oxygen atoms in total. The van der Waals surface area contributed by atoms with Crippen molar-refractivity contribution < 1.29 is 4.21 Å². The molecule has 1 aliphatic heterocycles. The molecule has 0 radical (unpaired) electrons. The highest BCUT2D eigenvalue weighted by Crippen LogP contribution is 2.51. The smallest absolute Gasteiger partial charge is 0.101 e. The lowest BCUT2D eigenvalue weighted by molar-refractivity contribution is 0.488. The highest BCUT2D eigenvalue weighted by atomic mass is 32.2. The third kappa shape index (κ3) is 2.01. The van der Waals surface area contributed by atoms with Gasteiger partial charge in [0.25, 0.3) is 0 Å². The Kier molecular flexibility index (Phi) is 3.66. The van der Waals surface area contributed by atoms with E-state index in [4.69, 9.17) is 0 Å². The predicted octanol–water partition coefficient (Wildman–Crippen LogP) is 3.10. The van der Waals surface area contributed by atoms with E-state index in [1.54, 1.807) is 0 Å². The monoisotopic (exact) mass is 231 g/mol. The fourth-order valence-corrected chi connectivity index (χ4v) is 4.39. The van der Waals surface area contributed by atoms with Gasteiger partial charge in [0.05, 0.1) is 10.3 Å². The minimum Gasteiger partial charge on any atom is -0.242 e. The molecule has 0 N–H and O–H groups in total. The maximum absolute atomic E-state index is 12.4. The van der Waals surface area contributed by atoms with Crippen LogP contribution in [0.4, 0.5) is 0 Å². The number of hydrogen-bond acceptors (Lipinski definition) is 1. The molecule has 1 heterocycles. The van der Waals surface area contributed by atoms with Gasteiger partial charge in [0.15, 0.2) is 0 Å². The van der Waals surface area contributed by atoms with E-state index in [0.717, 1.165) is 19.3 Å². The van der Waals surface area contributed by atoms with Gasteiger partial charge in [0, 0.05) is 6.04 Å². The average molecular weight is 231 g/mol. The van der Waals surface area contributed by atoms with Crippen molar-refractivity contribution >= 4 is 11.0 Å². The first kappa shape index (κ1) is 13.2. The van der Waals surface area contributed by atoms with Crippen molar-refractivity contribution in [2.24, 2.45) is 0 Å². The molecule has 90 valence electrons. The molecule has 3 heteroatoms. The molecule has 0 aliphatic carbocycles. The molecular formula is C12H25NOS. The van der Waals surface area contributed by atoms with Crippen LogP contribution in [-0.4, -0.2) is 24.8 Å². The molecule has 0 amide bonds. The van der Waals surface area contributed by atoms with Gasteiger partial charge in [-0.05, 0) is 40.0 Å². The molecule has 0 saturated carbocycles. The Bertz CT molecular complexity index is 253. The summed E-state index contributed by atoms with van der Waals surface area (Å²) in [5.74, 6) is 0. The van der Waals surface area contributed by atoms with Gasteiger partial charge in [0.1, 0.15) is 11.0 Å². The second kappa shape index (κ2) is 4.17. The van der Waals surface area contributed by atoms with Crippen molar-refractivity contribution in [3.8, 4) is 0 Å². The highest BCUT2D eigenvalue weighted by molar-refractivity contribution is 7.84.